The molecule has 0 amide bonds. The number of para-hydroxylation sites is 5. The number of ether oxygens (including phenoxy) is 1. The molecule has 13 rings (SSSR count). The van der Waals surface area contributed by atoms with E-state index in [1.54, 1.807) is 0 Å². The minimum Gasteiger partial charge on any atom is -0.453 e. The van der Waals surface area contributed by atoms with Gasteiger partial charge in [0.2, 0.25) is 0 Å². The highest BCUT2D eigenvalue weighted by Crippen LogP contribution is 2.52. The Morgan fingerprint density at radius 2 is 1.03 bits per heavy atom. The minimum atomic E-state index is 0.675. The number of hydrogen-bond donors (Lipinski definition) is 0. The highest BCUT2D eigenvalue weighted by Gasteiger charge is 2.27. The normalized spacial score (nSPS) is 12.1. The zero-order valence-electron chi connectivity index (χ0n) is 35.1. The molecule has 5 heteroatoms. The number of rotatable bonds is 6. The second-order valence-corrected chi connectivity index (χ2v) is 16.5. The Morgan fingerprint density at radius 3 is 1.91 bits per heavy atom. The Morgan fingerprint density at radius 1 is 0.385 bits per heavy atom. The van der Waals surface area contributed by atoms with Crippen molar-refractivity contribution in [3.63, 3.8) is 0 Å². The minimum absolute atomic E-state index is 0.675. The highest BCUT2D eigenvalue weighted by molar-refractivity contribution is 6.23. The van der Waals surface area contributed by atoms with Gasteiger partial charge in [-0.05, 0) is 88.1 Å². The van der Waals surface area contributed by atoms with Crippen LogP contribution in [0.3, 0.4) is 0 Å². The van der Waals surface area contributed by atoms with Crippen LogP contribution in [0.4, 0.5) is 17.1 Å². The fraction of sp³-hybridized carbons (Fsp3) is 0. The molecule has 5 nitrogen and oxygen atoms in total. The van der Waals surface area contributed by atoms with Crippen LogP contribution in [0, 0.1) is 0 Å². The first-order valence-corrected chi connectivity index (χ1v) is 22.0. The maximum atomic E-state index is 6.74. The number of anilines is 3. The second kappa shape index (κ2) is 14.9. The first-order chi connectivity index (χ1) is 32.2. The molecule has 0 saturated heterocycles. The molecule has 0 atom stereocenters. The van der Waals surface area contributed by atoms with E-state index in [1.165, 1.54) is 32.7 Å². The third-order valence-corrected chi connectivity index (χ3v) is 12.8. The summed E-state index contributed by atoms with van der Waals surface area (Å²) in [4.78, 5) is 12.8. The molecule has 0 bridgehead atoms. The number of aromatic nitrogens is 3. The number of fused-ring (bicyclic) bond motifs is 8. The van der Waals surface area contributed by atoms with Gasteiger partial charge in [0.25, 0.3) is 0 Å². The van der Waals surface area contributed by atoms with Gasteiger partial charge in [-0.25, -0.2) is 9.97 Å². The van der Waals surface area contributed by atoms with Crippen molar-refractivity contribution in [2.24, 2.45) is 0 Å². The summed E-state index contributed by atoms with van der Waals surface area (Å²) < 4.78 is 9.16. The van der Waals surface area contributed by atoms with Gasteiger partial charge in [0.1, 0.15) is 0 Å². The summed E-state index contributed by atoms with van der Waals surface area (Å²) in [7, 11) is 0. The lowest BCUT2D eigenvalue weighted by Gasteiger charge is -2.33. The van der Waals surface area contributed by atoms with Crippen molar-refractivity contribution < 1.29 is 4.74 Å². The predicted molar refractivity (Wildman–Crippen MR) is 268 cm³/mol. The van der Waals surface area contributed by atoms with Crippen molar-refractivity contribution in [2.45, 2.75) is 0 Å². The molecule has 65 heavy (non-hydrogen) atoms. The Labute approximate surface area is 375 Å². The van der Waals surface area contributed by atoms with Gasteiger partial charge in [0.05, 0.1) is 33.6 Å². The fourth-order valence-electron chi connectivity index (χ4n) is 9.78. The Kier molecular flexibility index (Phi) is 8.46. The maximum absolute atomic E-state index is 6.74. The zero-order chi connectivity index (χ0) is 42.8. The topological polar surface area (TPSA) is 43.2 Å². The monoisotopic (exact) mass is 830 g/mol. The number of nitrogens with zero attached hydrogens (tertiary/aromatic N) is 4. The molecule has 0 N–H and O–H groups in total. The van der Waals surface area contributed by atoms with Crippen LogP contribution in [0.5, 0.6) is 11.5 Å². The van der Waals surface area contributed by atoms with Crippen molar-refractivity contribution >= 4 is 60.5 Å². The molecule has 12 aromatic rings. The van der Waals surface area contributed by atoms with Gasteiger partial charge in [-0.3, -0.25) is 0 Å². The lowest BCUT2D eigenvalue weighted by Crippen LogP contribution is -2.15. The van der Waals surface area contributed by atoms with E-state index >= 15 is 0 Å². The van der Waals surface area contributed by atoms with Gasteiger partial charge in [-0.15, -0.1) is 0 Å². The van der Waals surface area contributed by atoms with E-state index in [0.717, 1.165) is 84.1 Å². The first-order valence-electron chi connectivity index (χ1n) is 22.0. The quantitative estimate of drug-likeness (QED) is 0.167. The molecule has 0 spiro atoms. The molecule has 2 aromatic heterocycles. The van der Waals surface area contributed by atoms with Gasteiger partial charge in [0.15, 0.2) is 17.3 Å². The van der Waals surface area contributed by atoms with E-state index in [0.29, 0.717) is 5.82 Å². The van der Waals surface area contributed by atoms with Crippen LogP contribution >= 0.6 is 0 Å². The van der Waals surface area contributed by atoms with Crippen LogP contribution in [0.1, 0.15) is 0 Å². The van der Waals surface area contributed by atoms with Crippen LogP contribution in [0.15, 0.2) is 231 Å². The summed E-state index contributed by atoms with van der Waals surface area (Å²) in [6.07, 6.45) is 0. The summed E-state index contributed by atoms with van der Waals surface area (Å²) in [5.74, 6) is 2.30. The van der Waals surface area contributed by atoms with E-state index in [4.69, 9.17) is 14.7 Å². The maximum Gasteiger partial charge on any atom is 0.160 e. The summed E-state index contributed by atoms with van der Waals surface area (Å²) in [5, 5.41) is 5.83. The predicted octanol–water partition coefficient (Wildman–Crippen LogP) is 16.1. The first kappa shape index (κ1) is 36.8. The van der Waals surface area contributed by atoms with E-state index in [2.05, 4.69) is 216 Å². The average Bonchev–Trinajstić information content (AvgIpc) is 3.73. The number of benzene rings is 10. The van der Waals surface area contributed by atoms with Crippen LogP contribution < -0.4 is 9.64 Å². The third-order valence-electron chi connectivity index (χ3n) is 12.8. The Bertz CT molecular complexity index is 3800. The molecule has 0 aliphatic carbocycles. The molecule has 10 aromatic carbocycles. The molecule has 304 valence electrons. The zero-order valence-corrected chi connectivity index (χ0v) is 35.1. The molecule has 0 unspecified atom stereocenters. The Hall–Kier alpha value is -8.80. The smallest absolute Gasteiger partial charge is 0.160 e. The largest absolute Gasteiger partial charge is 0.453 e. The van der Waals surface area contributed by atoms with Crippen LogP contribution in [0.25, 0.3) is 94.1 Å². The second-order valence-electron chi connectivity index (χ2n) is 16.5. The summed E-state index contributed by atoms with van der Waals surface area (Å²) in [6.45, 7) is 0. The lowest BCUT2D eigenvalue weighted by atomic mass is 9.99. The van der Waals surface area contributed by atoms with Crippen LogP contribution in [-0.2, 0) is 0 Å². The summed E-state index contributed by atoms with van der Waals surface area (Å²) in [5.41, 5.74) is 14.7. The molecule has 3 heterocycles. The third kappa shape index (κ3) is 6.09. The molecule has 0 fully saturated rings. The van der Waals surface area contributed by atoms with Crippen LogP contribution in [0.2, 0.25) is 0 Å². The standard InChI is InChI=1S/C60H38N4O/c1-3-15-39(16-4-1)40-29-31-42(32-30-40)58-49-23-9-10-26-51(49)61-60(62-58)44-18-13-21-46(37-44)64-54-36-33-41-17-7-8-22-47(41)57(54)50-25-14-24-48(59(50)64)43-34-35-53-56(38-43)65-55-28-12-11-27-52(55)63(53)45-19-5-2-6-20-45/h1-38H. The van der Waals surface area contributed by atoms with Gasteiger partial charge in [-0.1, -0.05) is 170 Å². The SMILES string of the molecule is c1ccc(-c2ccc(-c3nc(-c4cccc(-n5c6ccc7ccccc7c6c6cccc(-c7ccc8c(c7)Oc7ccccc7N8c7ccccc7)c65)c4)nc4ccccc34)cc2)cc1. The van der Waals surface area contributed by atoms with Crippen LogP contribution in [-0.4, -0.2) is 14.5 Å². The van der Waals surface area contributed by atoms with E-state index in [1.807, 2.05) is 24.3 Å². The fourth-order valence-corrected chi connectivity index (χ4v) is 9.78. The van der Waals surface area contributed by atoms with E-state index in [9.17, 15) is 0 Å². The summed E-state index contributed by atoms with van der Waals surface area (Å²) >= 11 is 0. The van der Waals surface area contributed by atoms with Crippen molar-refractivity contribution in [3.8, 4) is 62.1 Å². The molecular weight excluding hydrogens is 793 g/mol. The van der Waals surface area contributed by atoms with E-state index in [-0.39, 0.29) is 0 Å². The summed E-state index contributed by atoms with van der Waals surface area (Å²) in [6, 6.07) is 81.4. The average molecular weight is 831 g/mol. The van der Waals surface area contributed by atoms with Gasteiger partial charge < -0.3 is 14.2 Å². The molecular formula is C60H38N4O. The van der Waals surface area contributed by atoms with Crippen molar-refractivity contribution in [2.75, 3.05) is 4.90 Å². The molecule has 1 aliphatic rings. The van der Waals surface area contributed by atoms with Gasteiger partial charge in [0, 0.05) is 44.2 Å². The van der Waals surface area contributed by atoms with E-state index < -0.39 is 0 Å². The number of hydrogen-bond acceptors (Lipinski definition) is 4. The highest BCUT2D eigenvalue weighted by atomic mass is 16.5. The molecule has 0 radical (unpaired) electrons. The lowest BCUT2D eigenvalue weighted by molar-refractivity contribution is 0.477. The van der Waals surface area contributed by atoms with Crippen molar-refractivity contribution in [1.82, 2.24) is 14.5 Å². The Balaban J connectivity index is 0.994. The molecule has 0 saturated carbocycles. The van der Waals surface area contributed by atoms with Gasteiger partial charge in [-0.2, -0.15) is 0 Å². The van der Waals surface area contributed by atoms with Gasteiger partial charge >= 0.3 is 0 Å². The van der Waals surface area contributed by atoms with Crippen molar-refractivity contribution in [3.05, 3.63) is 231 Å². The van der Waals surface area contributed by atoms with Crippen molar-refractivity contribution in [1.29, 1.82) is 0 Å². The molecule has 1 aliphatic heterocycles.